The van der Waals surface area contributed by atoms with Gasteiger partial charge in [0.25, 0.3) is 10.0 Å². The van der Waals surface area contributed by atoms with Crippen molar-refractivity contribution in [3.05, 3.63) is 23.8 Å². The van der Waals surface area contributed by atoms with Gasteiger partial charge < -0.3 is 5.32 Å². The van der Waals surface area contributed by atoms with E-state index in [2.05, 4.69) is 25.3 Å². The largest absolute Gasteiger partial charge is 0.314 e. The summed E-state index contributed by atoms with van der Waals surface area (Å²) in [4.78, 5) is 0.177. The lowest BCUT2D eigenvalue weighted by Crippen LogP contribution is -2.17. The molecule has 2 aromatic heterocycles. The van der Waals surface area contributed by atoms with Crippen molar-refractivity contribution in [1.82, 2.24) is 25.3 Å². The average molecular weight is 298 g/mol. The molecule has 0 aromatic carbocycles. The molecule has 0 saturated heterocycles. The van der Waals surface area contributed by atoms with Crippen LogP contribution >= 0.6 is 0 Å². The Bertz CT molecular complexity index is 688. The van der Waals surface area contributed by atoms with Crippen molar-refractivity contribution in [2.24, 2.45) is 0 Å². The van der Waals surface area contributed by atoms with Gasteiger partial charge in [-0.15, -0.1) is 0 Å². The van der Waals surface area contributed by atoms with Gasteiger partial charge in [-0.05, 0) is 20.9 Å². The van der Waals surface area contributed by atoms with Crippen molar-refractivity contribution in [3.8, 4) is 0 Å². The predicted molar refractivity (Wildman–Crippen MR) is 74.8 cm³/mol. The highest BCUT2D eigenvalue weighted by molar-refractivity contribution is 7.92. The molecule has 2 rings (SSSR count). The van der Waals surface area contributed by atoms with E-state index in [4.69, 9.17) is 0 Å². The molecule has 0 fully saturated rings. The summed E-state index contributed by atoms with van der Waals surface area (Å²) >= 11 is 0. The van der Waals surface area contributed by atoms with Gasteiger partial charge in [0, 0.05) is 19.3 Å². The van der Waals surface area contributed by atoms with Crippen molar-refractivity contribution in [3.63, 3.8) is 0 Å². The zero-order valence-corrected chi connectivity index (χ0v) is 12.5. The number of nitrogens with zero attached hydrogens (tertiary/aromatic N) is 3. The van der Waals surface area contributed by atoms with Crippen LogP contribution in [0.2, 0.25) is 0 Å². The fourth-order valence-electron chi connectivity index (χ4n) is 1.91. The Morgan fingerprint density at radius 2 is 2.20 bits per heavy atom. The number of rotatable bonds is 6. The third-order valence-electron chi connectivity index (χ3n) is 2.78. The normalized spacial score (nSPS) is 11.8. The van der Waals surface area contributed by atoms with Crippen LogP contribution in [0.1, 0.15) is 18.3 Å². The molecule has 0 atom stereocenters. The highest BCUT2D eigenvalue weighted by atomic mass is 32.2. The summed E-state index contributed by atoms with van der Waals surface area (Å²) < 4.78 is 29.0. The molecule has 0 unspecified atom stereocenters. The van der Waals surface area contributed by atoms with E-state index in [0.717, 1.165) is 0 Å². The molecule has 0 amide bonds. The first-order chi connectivity index (χ1) is 9.47. The van der Waals surface area contributed by atoms with Gasteiger partial charge in [-0.3, -0.25) is 14.5 Å². The van der Waals surface area contributed by atoms with Crippen LogP contribution in [-0.4, -0.2) is 35.4 Å². The minimum Gasteiger partial charge on any atom is -0.314 e. The lowest BCUT2D eigenvalue weighted by molar-refractivity contribution is 0.598. The number of aromatic amines is 1. The molecule has 8 nitrogen and oxygen atoms in total. The van der Waals surface area contributed by atoms with E-state index in [1.165, 1.54) is 6.20 Å². The van der Waals surface area contributed by atoms with E-state index in [0.29, 0.717) is 30.2 Å². The maximum Gasteiger partial charge on any atom is 0.265 e. The monoisotopic (exact) mass is 298 g/mol. The number of hydrogen-bond acceptors (Lipinski definition) is 5. The quantitative estimate of drug-likeness (QED) is 0.718. The van der Waals surface area contributed by atoms with Gasteiger partial charge in [-0.2, -0.15) is 10.2 Å². The molecule has 0 aliphatic carbocycles. The number of anilines is 1. The zero-order chi connectivity index (χ0) is 14.8. The Labute approximate surface area is 117 Å². The van der Waals surface area contributed by atoms with Crippen molar-refractivity contribution < 1.29 is 8.42 Å². The average Bonchev–Trinajstić information content (AvgIpc) is 2.96. The third kappa shape index (κ3) is 2.83. The van der Waals surface area contributed by atoms with E-state index in [1.54, 1.807) is 24.9 Å². The SMILES string of the molecule is CCn1cc(NS(=O)(=O)c2c(CNC)n[nH]c2C)cn1. The van der Waals surface area contributed by atoms with Gasteiger partial charge in [-0.25, -0.2) is 8.42 Å². The Morgan fingerprint density at radius 3 is 2.80 bits per heavy atom. The molecule has 2 heterocycles. The van der Waals surface area contributed by atoms with E-state index in [9.17, 15) is 8.42 Å². The summed E-state index contributed by atoms with van der Waals surface area (Å²) in [5, 5.41) is 13.6. The van der Waals surface area contributed by atoms with Crippen molar-refractivity contribution in [2.75, 3.05) is 11.8 Å². The lowest BCUT2D eigenvalue weighted by atomic mass is 10.4. The Morgan fingerprint density at radius 1 is 1.45 bits per heavy atom. The number of aryl methyl sites for hydroxylation is 2. The molecule has 110 valence electrons. The van der Waals surface area contributed by atoms with Gasteiger partial charge in [0.15, 0.2) is 0 Å². The maximum absolute atomic E-state index is 12.4. The van der Waals surface area contributed by atoms with Crippen molar-refractivity contribution in [2.45, 2.75) is 31.8 Å². The molecule has 3 N–H and O–H groups in total. The fourth-order valence-corrected chi connectivity index (χ4v) is 3.30. The van der Waals surface area contributed by atoms with E-state index in [-0.39, 0.29) is 4.90 Å². The second-order valence-corrected chi connectivity index (χ2v) is 5.96. The maximum atomic E-state index is 12.4. The number of hydrogen-bond donors (Lipinski definition) is 3. The first-order valence-electron chi connectivity index (χ1n) is 6.21. The minimum absolute atomic E-state index is 0.177. The van der Waals surface area contributed by atoms with E-state index < -0.39 is 10.0 Å². The molecule has 0 bridgehead atoms. The number of nitrogens with one attached hydrogen (secondary N) is 3. The molecular weight excluding hydrogens is 280 g/mol. The molecular formula is C11H18N6O2S. The molecule has 2 aromatic rings. The van der Waals surface area contributed by atoms with E-state index in [1.807, 2.05) is 6.92 Å². The van der Waals surface area contributed by atoms with Crippen LogP contribution in [0.25, 0.3) is 0 Å². The molecule has 0 spiro atoms. The number of aromatic nitrogens is 4. The third-order valence-corrected chi connectivity index (χ3v) is 4.37. The van der Waals surface area contributed by atoms with Crippen LogP contribution in [0, 0.1) is 6.92 Å². The van der Waals surface area contributed by atoms with Gasteiger partial charge in [0.1, 0.15) is 4.90 Å². The summed E-state index contributed by atoms with van der Waals surface area (Å²) in [6.45, 7) is 4.65. The second-order valence-electron chi connectivity index (χ2n) is 4.34. The van der Waals surface area contributed by atoms with Crippen LogP contribution < -0.4 is 10.0 Å². The van der Waals surface area contributed by atoms with Crippen molar-refractivity contribution in [1.29, 1.82) is 0 Å². The van der Waals surface area contributed by atoms with Crippen LogP contribution in [-0.2, 0) is 23.1 Å². The molecule has 0 aliphatic heterocycles. The van der Waals surface area contributed by atoms with Gasteiger partial charge >= 0.3 is 0 Å². The van der Waals surface area contributed by atoms with Crippen LogP contribution in [0.4, 0.5) is 5.69 Å². The summed E-state index contributed by atoms with van der Waals surface area (Å²) in [6.07, 6.45) is 3.12. The Hall–Kier alpha value is -1.87. The summed E-state index contributed by atoms with van der Waals surface area (Å²) in [5.74, 6) is 0. The standard InChI is InChI=1S/C11H18N6O2S/c1-4-17-7-9(5-13-17)16-20(18,19)11-8(2)14-15-10(11)6-12-3/h5,7,12,16H,4,6H2,1-3H3,(H,14,15). The predicted octanol–water partition coefficient (Wildman–Crippen LogP) is 0.455. The van der Waals surface area contributed by atoms with Crippen molar-refractivity contribution >= 4 is 15.7 Å². The minimum atomic E-state index is -3.69. The summed E-state index contributed by atoms with van der Waals surface area (Å²) in [5.41, 5.74) is 1.40. The lowest BCUT2D eigenvalue weighted by Gasteiger charge is -2.07. The molecule has 20 heavy (non-hydrogen) atoms. The fraction of sp³-hybridized carbons (Fsp3) is 0.455. The zero-order valence-electron chi connectivity index (χ0n) is 11.6. The molecule has 0 radical (unpaired) electrons. The van der Waals surface area contributed by atoms with Gasteiger partial charge in [0.05, 0.1) is 23.3 Å². The smallest absolute Gasteiger partial charge is 0.265 e. The number of sulfonamides is 1. The summed E-state index contributed by atoms with van der Waals surface area (Å²) in [6, 6.07) is 0. The van der Waals surface area contributed by atoms with Gasteiger partial charge in [-0.1, -0.05) is 0 Å². The van der Waals surface area contributed by atoms with Crippen LogP contribution in [0.3, 0.4) is 0 Å². The molecule has 9 heteroatoms. The first kappa shape index (κ1) is 14.5. The summed E-state index contributed by atoms with van der Waals surface area (Å²) in [7, 11) is -1.95. The number of H-pyrrole nitrogens is 1. The highest BCUT2D eigenvalue weighted by Crippen LogP contribution is 2.21. The van der Waals surface area contributed by atoms with Gasteiger partial charge in [0.2, 0.25) is 0 Å². The topological polar surface area (TPSA) is 105 Å². The first-order valence-corrected chi connectivity index (χ1v) is 7.70. The highest BCUT2D eigenvalue weighted by Gasteiger charge is 2.24. The Kier molecular flexibility index (Phi) is 4.09. The molecule has 0 aliphatic rings. The van der Waals surface area contributed by atoms with E-state index >= 15 is 0 Å². The second kappa shape index (κ2) is 5.63. The van der Waals surface area contributed by atoms with Crippen LogP contribution in [0.5, 0.6) is 0 Å². The van der Waals surface area contributed by atoms with Crippen LogP contribution in [0.15, 0.2) is 17.3 Å². The molecule has 0 saturated carbocycles. The Balaban J connectivity index is 2.32.